The minimum absolute atomic E-state index is 0.262. The maximum Gasteiger partial charge on any atom is 0.119 e. The van der Waals surface area contributed by atoms with Gasteiger partial charge >= 0.3 is 0 Å². The third-order valence-electron chi connectivity index (χ3n) is 4.52. The molecule has 0 heterocycles. The average molecular weight is 262 g/mol. The lowest BCUT2D eigenvalue weighted by atomic mass is 9.77. The fraction of sp³-hybridized carbons (Fsp3) is 0.625. The summed E-state index contributed by atoms with van der Waals surface area (Å²) in [6.45, 7) is 4.48. The van der Waals surface area contributed by atoms with Crippen molar-refractivity contribution >= 4 is 0 Å². The van der Waals surface area contributed by atoms with Crippen LogP contribution in [0.2, 0.25) is 0 Å². The SMILES string of the molecule is COc1ccc(C(NN)C2CCC(C)CC2)c(C)c1. The molecule has 0 radical (unpaired) electrons. The van der Waals surface area contributed by atoms with Crippen LogP contribution in [0.5, 0.6) is 5.75 Å². The fourth-order valence-corrected chi connectivity index (χ4v) is 3.22. The molecule has 1 unspecified atom stereocenters. The molecule has 2 rings (SSSR count). The molecular weight excluding hydrogens is 236 g/mol. The average Bonchev–Trinajstić information content (AvgIpc) is 2.43. The van der Waals surface area contributed by atoms with Crippen LogP contribution in [0.25, 0.3) is 0 Å². The summed E-state index contributed by atoms with van der Waals surface area (Å²) in [4.78, 5) is 0. The van der Waals surface area contributed by atoms with Crippen molar-refractivity contribution in [1.82, 2.24) is 5.43 Å². The predicted octanol–water partition coefficient (Wildman–Crippen LogP) is 3.33. The molecule has 106 valence electrons. The highest BCUT2D eigenvalue weighted by Crippen LogP contribution is 2.37. The third kappa shape index (κ3) is 3.28. The van der Waals surface area contributed by atoms with E-state index in [0.717, 1.165) is 11.7 Å². The monoisotopic (exact) mass is 262 g/mol. The van der Waals surface area contributed by atoms with Crippen LogP contribution < -0.4 is 16.0 Å². The maximum atomic E-state index is 5.83. The van der Waals surface area contributed by atoms with E-state index in [4.69, 9.17) is 10.6 Å². The van der Waals surface area contributed by atoms with E-state index in [1.807, 2.05) is 6.07 Å². The number of nitrogens with two attached hydrogens (primary N) is 1. The van der Waals surface area contributed by atoms with Crippen LogP contribution in [0.1, 0.15) is 49.8 Å². The van der Waals surface area contributed by atoms with Gasteiger partial charge in [-0.3, -0.25) is 11.3 Å². The molecule has 1 aromatic rings. The summed E-state index contributed by atoms with van der Waals surface area (Å²) < 4.78 is 5.27. The number of hydrogen-bond donors (Lipinski definition) is 2. The number of nitrogens with one attached hydrogen (secondary N) is 1. The lowest BCUT2D eigenvalue weighted by molar-refractivity contribution is 0.232. The molecule has 3 heteroatoms. The highest BCUT2D eigenvalue weighted by atomic mass is 16.5. The van der Waals surface area contributed by atoms with Crippen LogP contribution in [0, 0.1) is 18.8 Å². The smallest absolute Gasteiger partial charge is 0.119 e. The van der Waals surface area contributed by atoms with E-state index in [9.17, 15) is 0 Å². The normalized spacial score (nSPS) is 25.1. The second-order valence-electron chi connectivity index (χ2n) is 5.89. The Morgan fingerprint density at radius 3 is 2.47 bits per heavy atom. The second kappa shape index (κ2) is 6.40. The van der Waals surface area contributed by atoms with Gasteiger partial charge < -0.3 is 4.74 Å². The van der Waals surface area contributed by atoms with Crippen LogP contribution in [0.4, 0.5) is 0 Å². The van der Waals surface area contributed by atoms with Crippen molar-refractivity contribution in [3.8, 4) is 5.75 Å². The summed E-state index contributed by atoms with van der Waals surface area (Å²) in [5.41, 5.74) is 5.60. The lowest BCUT2D eigenvalue weighted by Gasteiger charge is -2.33. The molecule has 1 aliphatic carbocycles. The molecule has 0 saturated heterocycles. The van der Waals surface area contributed by atoms with Gasteiger partial charge in [0.15, 0.2) is 0 Å². The Kier molecular flexibility index (Phi) is 4.83. The molecular formula is C16H26N2O. The van der Waals surface area contributed by atoms with E-state index >= 15 is 0 Å². The number of benzene rings is 1. The predicted molar refractivity (Wildman–Crippen MR) is 78.9 cm³/mol. The van der Waals surface area contributed by atoms with Gasteiger partial charge in [-0.15, -0.1) is 0 Å². The maximum absolute atomic E-state index is 5.83. The van der Waals surface area contributed by atoms with E-state index < -0.39 is 0 Å². The van der Waals surface area contributed by atoms with E-state index in [1.54, 1.807) is 7.11 Å². The number of hydrogen-bond acceptors (Lipinski definition) is 3. The Labute approximate surface area is 116 Å². The van der Waals surface area contributed by atoms with Crippen LogP contribution in [0.3, 0.4) is 0 Å². The van der Waals surface area contributed by atoms with Gasteiger partial charge in [0.05, 0.1) is 7.11 Å². The van der Waals surface area contributed by atoms with E-state index in [1.165, 1.54) is 36.8 Å². The van der Waals surface area contributed by atoms with Crippen LogP contribution in [-0.4, -0.2) is 7.11 Å². The minimum Gasteiger partial charge on any atom is -0.497 e. The van der Waals surface area contributed by atoms with Gasteiger partial charge in [-0.25, -0.2) is 0 Å². The van der Waals surface area contributed by atoms with Gasteiger partial charge in [-0.05, 0) is 54.9 Å². The standard InChI is InChI=1S/C16H26N2O/c1-11-4-6-13(7-5-11)16(18-17)15-9-8-14(19-3)10-12(15)2/h8-11,13,16,18H,4-7,17H2,1-3H3. The number of hydrazine groups is 1. The van der Waals surface area contributed by atoms with Crippen LogP contribution >= 0.6 is 0 Å². The van der Waals surface area contributed by atoms with E-state index in [2.05, 4.69) is 31.4 Å². The zero-order chi connectivity index (χ0) is 13.8. The highest BCUT2D eigenvalue weighted by molar-refractivity contribution is 5.37. The van der Waals surface area contributed by atoms with Gasteiger partial charge in [-0.2, -0.15) is 0 Å². The molecule has 1 atom stereocenters. The van der Waals surface area contributed by atoms with E-state index in [0.29, 0.717) is 5.92 Å². The van der Waals surface area contributed by atoms with Gasteiger partial charge in [0.25, 0.3) is 0 Å². The number of methoxy groups -OCH3 is 1. The van der Waals surface area contributed by atoms with Crippen LogP contribution in [-0.2, 0) is 0 Å². The Morgan fingerprint density at radius 1 is 1.26 bits per heavy atom. The van der Waals surface area contributed by atoms with Gasteiger partial charge in [0.1, 0.15) is 5.75 Å². The Morgan fingerprint density at radius 2 is 1.95 bits per heavy atom. The van der Waals surface area contributed by atoms with Crippen LogP contribution in [0.15, 0.2) is 18.2 Å². The zero-order valence-electron chi connectivity index (χ0n) is 12.3. The number of ether oxygens (including phenoxy) is 1. The first kappa shape index (κ1) is 14.4. The third-order valence-corrected chi connectivity index (χ3v) is 4.52. The number of aryl methyl sites for hydroxylation is 1. The molecule has 0 aliphatic heterocycles. The molecule has 0 spiro atoms. The highest BCUT2D eigenvalue weighted by Gasteiger charge is 2.27. The molecule has 0 amide bonds. The summed E-state index contributed by atoms with van der Waals surface area (Å²) in [6, 6.07) is 6.53. The van der Waals surface area contributed by atoms with Crippen molar-refractivity contribution in [1.29, 1.82) is 0 Å². The Balaban J connectivity index is 2.17. The van der Waals surface area contributed by atoms with E-state index in [-0.39, 0.29) is 6.04 Å². The fourth-order valence-electron chi connectivity index (χ4n) is 3.22. The first-order valence-electron chi connectivity index (χ1n) is 7.26. The van der Waals surface area contributed by atoms with Crippen molar-refractivity contribution in [3.63, 3.8) is 0 Å². The molecule has 3 nitrogen and oxygen atoms in total. The minimum atomic E-state index is 0.262. The lowest BCUT2D eigenvalue weighted by Crippen LogP contribution is -2.35. The van der Waals surface area contributed by atoms with Gasteiger partial charge in [0.2, 0.25) is 0 Å². The summed E-state index contributed by atoms with van der Waals surface area (Å²) in [6.07, 6.45) is 5.17. The summed E-state index contributed by atoms with van der Waals surface area (Å²) >= 11 is 0. The van der Waals surface area contributed by atoms with Gasteiger partial charge in [-0.1, -0.05) is 25.8 Å². The first-order chi connectivity index (χ1) is 9.15. The van der Waals surface area contributed by atoms with Crippen molar-refractivity contribution in [2.24, 2.45) is 17.7 Å². The molecule has 1 saturated carbocycles. The molecule has 1 fully saturated rings. The molecule has 0 bridgehead atoms. The molecule has 3 N–H and O–H groups in total. The van der Waals surface area contributed by atoms with Crippen molar-refractivity contribution in [2.45, 2.75) is 45.6 Å². The Bertz CT molecular complexity index is 411. The second-order valence-corrected chi connectivity index (χ2v) is 5.89. The Hall–Kier alpha value is -1.06. The topological polar surface area (TPSA) is 47.3 Å². The number of rotatable bonds is 4. The molecule has 0 aromatic heterocycles. The van der Waals surface area contributed by atoms with Crippen molar-refractivity contribution < 1.29 is 4.74 Å². The summed E-state index contributed by atoms with van der Waals surface area (Å²) in [5, 5.41) is 0. The quantitative estimate of drug-likeness (QED) is 0.646. The van der Waals surface area contributed by atoms with Crippen molar-refractivity contribution in [2.75, 3.05) is 7.11 Å². The first-order valence-corrected chi connectivity index (χ1v) is 7.26. The molecule has 19 heavy (non-hydrogen) atoms. The summed E-state index contributed by atoms with van der Waals surface area (Å²) in [5.74, 6) is 8.25. The largest absolute Gasteiger partial charge is 0.497 e. The summed E-state index contributed by atoms with van der Waals surface area (Å²) in [7, 11) is 1.70. The molecule has 1 aliphatic rings. The zero-order valence-corrected chi connectivity index (χ0v) is 12.3. The molecule has 1 aromatic carbocycles. The van der Waals surface area contributed by atoms with Gasteiger partial charge in [0, 0.05) is 6.04 Å². The van der Waals surface area contributed by atoms with Crippen molar-refractivity contribution in [3.05, 3.63) is 29.3 Å².